The van der Waals surface area contributed by atoms with Crippen LogP contribution in [-0.4, -0.2) is 17.7 Å². The number of nitrogen functional groups attached to an aromatic ring is 1. The Morgan fingerprint density at radius 2 is 2.19 bits per heavy atom. The third-order valence-corrected chi connectivity index (χ3v) is 5.47. The topological polar surface area (TPSA) is 55.1 Å². The second-order valence-corrected chi connectivity index (χ2v) is 6.93. The van der Waals surface area contributed by atoms with Crippen molar-refractivity contribution in [3.05, 3.63) is 24.0 Å². The van der Waals surface area contributed by atoms with Gasteiger partial charge in [-0.25, -0.2) is 4.39 Å². The van der Waals surface area contributed by atoms with Crippen molar-refractivity contribution in [2.75, 3.05) is 11.5 Å². The third kappa shape index (κ3) is 4.37. The number of carbonyl (C=O) groups excluding carboxylic acids is 1. The van der Waals surface area contributed by atoms with Crippen LogP contribution in [0.25, 0.3) is 0 Å². The normalized spacial score (nSPS) is 25.6. The summed E-state index contributed by atoms with van der Waals surface area (Å²) in [7, 11) is 0. The highest BCUT2D eigenvalue weighted by Crippen LogP contribution is 2.30. The SMILES string of the molecule is CC1CCCC(NC(=O)CSc2ccc(F)cc2N)C1C. The third-order valence-electron chi connectivity index (χ3n) is 4.38. The van der Waals surface area contributed by atoms with Crippen molar-refractivity contribution in [2.24, 2.45) is 11.8 Å². The quantitative estimate of drug-likeness (QED) is 0.661. The Balaban J connectivity index is 1.84. The Bertz CT molecular complexity index is 509. The van der Waals surface area contributed by atoms with Crippen molar-refractivity contribution >= 4 is 23.4 Å². The molecule has 0 aliphatic heterocycles. The van der Waals surface area contributed by atoms with E-state index in [9.17, 15) is 9.18 Å². The van der Waals surface area contributed by atoms with Crippen LogP contribution >= 0.6 is 11.8 Å². The van der Waals surface area contributed by atoms with Gasteiger partial charge >= 0.3 is 0 Å². The van der Waals surface area contributed by atoms with E-state index in [4.69, 9.17) is 5.73 Å². The highest BCUT2D eigenvalue weighted by molar-refractivity contribution is 8.00. The summed E-state index contributed by atoms with van der Waals surface area (Å²) in [5.41, 5.74) is 6.12. The van der Waals surface area contributed by atoms with Gasteiger partial charge in [0.15, 0.2) is 0 Å². The molecule has 2 rings (SSSR count). The van der Waals surface area contributed by atoms with Crippen molar-refractivity contribution in [1.29, 1.82) is 0 Å². The zero-order chi connectivity index (χ0) is 15.4. The Morgan fingerprint density at radius 1 is 1.43 bits per heavy atom. The standard InChI is InChI=1S/C16H23FN2OS/c1-10-4-3-5-14(11(10)2)19-16(20)9-21-15-7-6-12(17)8-13(15)18/h6-8,10-11,14H,3-5,9,18H2,1-2H3,(H,19,20). The van der Waals surface area contributed by atoms with E-state index < -0.39 is 0 Å². The van der Waals surface area contributed by atoms with Crippen LogP contribution < -0.4 is 11.1 Å². The fourth-order valence-corrected chi connectivity index (χ4v) is 3.59. The van der Waals surface area contributed by atoms with Crippen molar-refractivity contribution in [2.45, 2.75) is 44.0 Å². The molecule has 3 unspecified atom stereocenters. The molecule has 1 amide bonds. The Morgan fingerprint density at radius 3 is 2.90 bits per heavy atom. The van der Waals surface area contributed by atoms with Crippen molar-refractivity contribution in [1.82, 2.24) is 5.32 Å². The molecule has 0 heterocycles. The van der Waals surface area contributed by atoms with Crippen LogP contribution in [0.4, 0.5) is 10.1 Å². The fourth-order valence-electron chi connectivity index (χ4n) is 2.83. The minimum atomic E-state index is -0.355. The lowest BCUT2D eigenvalue weighted by Crippen LogP contribution is -2.44. The molecule has 1 aliphatic rings. The predicted octanol–water partition coefficient (Wildman–Crippen LogP) is 3.44. The molecule has 3 nitrogen and oxygen atoms in total. The summed E-state index contributed by atoms with van der Waals surface area (Å²) in [6.45, 7) is 4.46. The molecule has 0 bridgehead atoms. The van der Waals surface area contributed by atoms with Gasteiger partial charge in [0.25, 0.3) is 0 Å². The van der Waals surface area contributed by atoms with Gasteiger partial charge < -0.3 is 11.1 Å². The first-order valence-corrected chi connectivity index (χ1v) is 8.43. The maximum Gasteiger partial charge on any atom is 0.230 e. The van der Waals surface area contributed by atoms with Gasteiger partial charge in [-0.3, -0.25) is 4.79 Å². The molecule has 21 heavy (non-hydrogen) atoms. The minimum Gasteiger partial charge on any atom is -0.398 e. The lowest BCUT2D eigenvalue weighted by molar-refractivity contribution is -0.119. The number of carbonyl (C=O) groups is 1. The van der Waals surface area contributed by atoms with Crippen LogP contribution in [0.15, 0.2) is 23.1 Å². The summed E-state index contributed by atoms with van der Waals surface area (Å²) in [5.74, 6) is 1.15. The number of anilines is 1. The van der Waals surface area contributed by atoms with Crippen LogP contribution in [0.2, 0.25) is 0 Å². The smallest absolute Gasteiger partial charge is 0.230 e. The number of nitrogens with one attached hydrogen (secondary N) is 1. The van der Waals surface area contributed by atoms with Gasteiger partial charge in [-0.15, -0.1) is 11.8 Å². The summed E-state index contributed by atoms with van der Waals surface area (Å²) >= 11 is 1.35. The molecule has 0 saturated heterocycles. The van der Waals surface area contributed by atoms with Crippen LogP contribution in [0.5, 0.6) is 0 Å². The van der Waals surface area contributed by atoms with Crippen LogP contribution in [0, 0.1) is 17.7 Å². The minimum absolute atomic E-state index is 0.0228. The number of hydrogen-bond acceptors (Lipinski definition) is 3. The van der Waals surface area contributed by atoms with Gasteiger partial charge in [0.05, 0.1) is 5.75 Å². The fraction of sp³-hybridized carbons (Fsp3) is 0.562. The van der Waals surface area contributed by atoms with Gasteiger partial charge in [0.1, 0.15) is 5.82 Å². The van der Waals surface area contributed by atoms with Gasteiger partial charge in [-0.1, -0.05) is 26.7 Å². The molecular weight excluding hydrogens is 287 g/mol. The molecule has 5 heteroatoms. The van der Waals surface area contributed by atoms with E-state index in [2.05, 4.69) is 19.2 Å². The number of benzene rings is 1. The first-order chi connectivity index (χ1) is 9.97. The Labute approximate surface area is 129 Å². The van der Waals surface area contributed by atoms with E-state index in [-0.39, 0.29) is 17.8 Å². The van der Waals surface area contributed by atoms with Gasteiger partial charge in [-0.05, 0) is 36.5 Å². The zero-order valence-corrected chi connectivity index (χ0v) is 13.4. The predicted molar refractivity (Wildman–Crippen MR) is 85.6 cm³/mol. The van der Waals surface area contributed by atoms with Gasteiger partial charge in [-0.2, -0.15) is 0 Å². The van der Waals surface area contributed by atoms with E-state index in [1.54, 1.807) is 6.07 Å². The highest BCUT2D eigenvalue weighted by Gasteiger charge is 2.27. The average molecular weight is 310 g/mol. The number of thioether (sulfide) groups is 1. The molecule has 0 aromatic heterocycles. The first-order valence-electron chi connectivity index (χ1n) is 7.44. The molecule has 0 radical (unpaired) electrons. The summed E-state index contributed by atoms with van der Waals surface area (Å²) in [6, 6.07) is 4.54. The first kappa shape index (κ1) is 16.1. The van der Waals surface area contributed by atoms with Gasteiger partial charge in [0.2, 0.25) is 5.91 Å². The molecule has 1 aromatic carbocycles. The number of hydrogen-bond donors (Lipinski definition) is 2. The molecule has 3 N–H and O–H groups in total. The summed E-state index contributed by atoms with van der Waals surface area (Å²) in [4.78, 5) is 12.8. The Kier molecular flexibility index (Phi) is 5.51. The Hall–Kier alpha value is -1.23. The van der Waals surface area contributed by atoms with E-state index >= 15 is 0 Å². The molecule has 3 atom stereocenters. The molecular formula is C16H23FN2OS. The number of nitrogens with two attached hydrogens (primary N) is 1. The summed E-state index contributed by atoms with van der Waals surface area (Å²) in [6.07, 6.45) is 3.48. The number of rotatable bonds is 4. The van der Waals surface area contributed by atoms with Crippen LogP contribution in [-0.2, 0) is 4.79 Å². The lowest BCUT2D eigenvalue weighted by atomic mass is 9.78. The monoisotopic (exact) mass is 310 g/mol. The molecule has 0 spiro atoms. The second-order valence-electron chi connectivity index (χ2n) is 5.91. The highest BCUT2D eigenvalue weighted by atomic mass is 32.2. The zero-order valence-electron chi connectivity index (χ0n) is 12.6. The van der Waals surface area contributed by atoms with E-state index in [1.165, 1.54) is 36.7 Å². The number of halogens is 1. The maximum absolute atomic E-state index is 13.0. The molecule has 116 valence electrons. The van der Waals surface area contributed by atoms with Crippen LogP contribution in [0.3, 0.4) is 0 Å². The van der Waals surface area contributed by atoms with E-state index in [0.29, 0.717) is 23.3 Å². The summed E-state index contributed by atoms with van der Waals surface area (Å²) in [5, 5.41) is 3.13. The number of amides is 1. The molecule has 1 aliphatic carbocycles. The van der Waals surface area contributed by atoms with Crippen molar-refractivity contribution in [3.63, 3.8) is 0 Å². The second kappa shape index (κ2) is 7.16. The largest absolute Gasteiger partial charge is 0.398 e. The van der Waals surface area contributed by atoms with E-state index in [0.717, 1.165) is 11.3 Å². The van der Waals surface area contributed by atoms with Crippen molar-refractivity contribution in [3.8, 4) is 0 Å². The van der Waals surface area contributed by atoms with E-state index in [1.807, 2.05) is 0 Å². The maximum atomic E-state index is 13.0. The lowest BCUT2D eigenvalue weighted by Gasteiger charge is -2.34. The summed E-state index contributed by atoms with van der Waals surface area (Å²) < 4.78 is 13.0. The van der Waals surface area contributed by atoms with Crippen molar-refractivity contribution < 1.29 is 9.18 Å². The average Bonchev–Trinajstić information content (AvgIpc) is 2.43. The van der Waals surface area contributed by atoms with Gasteiger partial charge in [0, 0.05) is 16.6 Å². The molecule has 1 fully saturated rings. The molecule has 1 saturated carbocycles. The molecule has 1 aromatic rings. The van der Waals surface area contributed by atoms with Crippen LogP contribution in [0.1, 0.15) is 33.1 Å².